The van der Waals surface area contributed by atoms with Crippen LogP contribution in [0.4, 0.5) is 9.59 Å². The number of benzene rings is 1. The molecule has 0 fully saturated rings. The van der Waals surface area contributed by atoms with Crippen LogP contribution in [0.2, 0.25) is 0 Å². The number of hydrogen-bond acceptors (Lipinski definition) is 5. The number of rotatable bonds is 2. The lowest BCUT2D eigenvalue weighted by Crippen LogP contribution is -2.58. The smallest absolute Gasteiger partial charge is 0.419 e. The van der Waals surface area contributed by atoms with Gasteiger partial charge in [0.2, 0.25) is 0 Å². The van der Waals surface area contributed by atoms with Crippen molar-refractivity contribution >= 4 is 29.1 Å². The highest BCUT2D eigenvalue weighted by atomic mass is 16.6. The number of carbonyl (C=O) groups excluding carboxylic acids is 2. The first kappa shape index (κ1) is 22.7. The lowest BCUT2D eigenvalue weighted by atomic mass is 9.79. The van der Waals surface area contributed by atoms with E-state index in [1.807, 2.05) is 18.2 Å². The maximum absolute atomic E-state index is 13.0. The minimum atomic E-state index is -1.53. The number of carboxylic acid groups (broad SMARTS) is 1. The van der Waals surface area contributed by atoms with E-state index in [-0.39, 0.29) is 19.3 Å². The van der Waals surface area contributed by atoms with Crippen molar-refractivity contribution < 1.29 is 29.0 Å². The first-order chi connectivity index (χ1) is 14.2. The monoisotopic (exact) mass is 430 g/mol. The Bertz CT molecular complexity index is 1040. The van der Waals surface area contributed by atoms with Gasteiger partial charge in [-0.3, -0.25) is 0 Å². The second kappa shape index (κ2) is 7.59. The van der Waals surface area contributed by atoms with Crippen LogP contribution in [0.15, 0.2) is 24.3 Å². The van der Waals surface area contributed by atoms with Gasteiger partial charge in [0.15, 0.2) is 0 Å². The molecule has 1 aliphatic rings. The Morgan fingerprint density at radius 3 is 2.23 bits per heavy atom. The maximum atomic E-state index is 13.0. The molecule has 31 heavy (non-hydrogen) atoms. The number of amides is 1. The van der Waals surface area contributed by atoms with Crippen LogP contribution in [-0.4, -0.2) is 44.6 Å². The minimum absolute atomic E-state index is 0.0349. The van der Waals surface area contributed by atoms with Crippen LogP contribution in [0.1, 0.15) is 59.2 Å². The lowest BCUT2D eigenvalue weighted by Gasteiger charge is -2.35. The second-order valence-electron chi connectivity index (χ2n) is 9.95. The molecule has 8 nitrogen and oxygen atoms in total. The summed E-state index contributed by atoms with van der Waals surface area (Å²) in [5.41, 5.74) is -0.883. The Kier molecular flexibility index (Phi) is 5.54. The largest absolute Gasteiger partial charge is 0.479 e. The van der Waals surface area contributed by atoms with Crippen molar-refractivity contribution in [2.45, 2.75) is 77.5 Å². The molecule has 3 rings (SSSR count). The molecule has 1 heterocycles. The topological polar surface area (TPSA) is 107 Å². The summed E-state index contributed by atoms with van der Waals surface area (Å²) in [5.74, 6) is -1.14. The number of aliphatic carboxylic acids is 1. The average molecular weight is 431 g/mol. The van der Waals surface area contributed by atoms with Crippen molar-refractivity contribution in [3.05, 3.63) is 35.5 Å². The molecule has 0 radical (unpaired) electrons. The number of hydrogen-bond donors (Lipinski definition) is 2. The molecular formula is C23H30N2O6. The molecule has 2 N–H and O–H groups in total. The number of ether oxygens (including phenoxy) is 2. The molecule has 1 atom stereocenters. The molecule has 8 heteroatoms. The van der Waals surface area contributed by atoms with Gasteiger partial charge in [0.05, 0.1) is 5.52 Å². The number of carboxylic acids is 1. The van der Waals surface area contributed by atoms with Gasteiger partial charge in [0.1, 0.15) is 16.7 Å². The molecule has 1 aromatic heterocycles. The first-order valence-electron chi connectivity index (χ1n) is 10.3. The van der Waals surface area contributed by atoms with Crippen LogP contribution in [0, 0.1) is 0 Å². The highest BCUT2D eigenvalue weighted by Crippen LogP contribution is 2.37. The molecular weight excluding hydrogens is 400 g/mol. The van der Waals surface area contributed by atoms with Crippen LogP contribution in [0.5, 0.6) is 0 Å². The molecule has 0 saturated carbocycles. The fraction of sp³-hybridized carbons (Fsp3) is 0.522. The summed E-state index contributed by atoms with van der Waals surface area (Å²) in [6, 6.07) is 7.31. The minimum Gasteiger partial charge on any atom is -0.479 e. The van der Waals surface area contributed by atoms with Crippen molar-refractivity contribution in [3.63, 3.8) is 0 Å². The number of fused-ring (bicyclic) bond motifs is 3. The average Bonchev–Trinajstić information content (AvgIpc) is 2.92. The Labute approximate surface area is 181 Å². The highest BCUT2D eigenvalue weighted by Gasteiger charge is 2.46. The zero-order valence-corrected chi connectivity index (χ0v) is 18.9. The quantitative estimate of drug-likeness (QED) is 0.737. The predicted octanol–water partition coefficient (Wildman–Crippen LogP) is 4.26. The summed E-state index contributed by atoms with van der Waals surface area (Å²) in [5, 5.41) is 13.4. The normalized spacial score (nSPS) is 18.9. The van der Waals surface area contributed by atoms with Crippen LogP contribution < -0.4 is 5.32 Å². The Hall–Kier alpha value is -3.03. The number of para-hydroxylation sites is 1. The Morgan fingerprint density at radius 2 is 1.65 bits per heavy atom. The van der Waals surface area contributed by atoms with Gasteiger partial charge >= 0.3 is 18.2 Å². The molecule has 0 unspecified atom stereocenters. The van der Waals surface area contributed by atoms with Crippen LogP contribution in [0.25, 0.3) is 10.9 Å². The van der Waals surface area contributed by atoms with E-state index in [0.717, 1.165) is 5.39 Å². The highest BCUT2D eigenvalue weighted by molar-refractivity contribution is 5.95. The van der Waals surface area contributed by atoms with Crippen LogP contribution in [-0.2, 0) is 27.1 Å². The summed E-state index contributed by atoms with van der Waals surface area (Å²) in [7, 11) is 0. The first-order valence-corrected chi connectivity index (χ1v) is 10.3. The summed E-state index contributed by atoms with van der Waals surface area (Å²) in [6.45, 7) is 10.5. The number of carbonyl (C=O) groups is 3. The number of nitrogens with zero attached hydrogens (tertiary/aromatic N) is 1. The van der Waals surface area contributed by atoms with Gasteiger partial charge in [-0.2, -0.15) is 0 Å². The SMILES string of the molecule is CC(C)(C)OC(=O)N[C@]1(C(=O)O)CCc2c(c3ccccc3n2C(=O)OC(C)(C)C)C1. The zero-order valence-electron chi connectivity index (χ0n) is 18.9. The van der Waals surface area contributed by atoms with Crippen molar-refractivity contribution in [3.8, 4) is 0 Å². The van der Waals surface area contributed by atoms with Gasteiger partial charge in [-0.15, -0.1) is 0 Å². The van der Waals surface area contributed by atoms with Crippen molar-refractivity contribution in [2.75, 3.05) is 0 Å². The van der Waals surface area contributed by atoms with Gasteiger partial charge < -0.3 is 19.9 Å². The van der Waals surface area contributed by atoms with Gasteiger partial charge in [0, 0.05) is 17.5 Å². The van der Waals surface area contributed by atoms with Crippen molar-refractivity contribution in [2.24, 2.45) is 0 Å². The maximum Gasteiger partial charge on any atom is 0.419 e. The lowest BCUT2D eigenvalue weighted by molar-refractivity contribution is -0.145. The van der Waals surface area contributed by atoms with Crippen molar-refractivity contribution in [1.29, 1.82) is 0 Å². The van der Waals surface area contributed by atoms with Crippen molar-refractivity contribution in [1.82, 2.24) is 9.88 Å². The number of alkyl carbamates (subject to hydrolysis) is 1. The molecule has 168 valence electrons. The van der Waals surface area contributed by atoms with E-state index in [4.69, 9.17) is 9.47 Å². The van der Waals surface area contributed by atoms with Crippen LogP contribution in [0.3, 0.4) is 0 Å². The molecule has 2 aromatic rings. The summed E-state index contributed by atoms with van der Waals surface area (Å²) >= 11 is 0. The molecule has 1 aliphatic carbocycles. The van der Waals surface area contributed by atoms with E-state index in [1.54, 1.807) is 47.6 Å². The van der Waals surface area contributed by atoms with E-state index in [9.17, 15) is 19.5 Å². The third kappa shape index (κ3) is 4.68. The predicted molar refractivity (Wildman–Crippen MR) is 115 cm³/mol. The summed E-state index contributed by atoms with van der Waals surface area (Å²) in [6.07, 6.45) is -0.853. The molecule has 1 aromatic carbocycles. The van der Waals surface area contributed by atoms with E-state index in [2.05, 4.69) is 5.32 Å². The Balaban J connectivity index is 2.05. The fourth-order valence-corrected chi connectivity index (χ4v) is 3.90. The van der Waals surface area contributed by atoms with Gasteiger partial charge in [-0.05, 0) is 66.0 Å². The number of aromatic nitrogens is 1. The number of nitrogens with one attached hydrogen (secondary N) is 1. The molecule has 1 amide bonds. The standard InChI is InChI=1S/C23H30N2O6/c1-21(2,3)30-19(28)24-23(18(26)27)12-11-17-15(13-23)14-9-7-8-10-16(14)25(17)20(29)31-22(4,5)6/h7-10H,11-13H2,1-6H3,(H,24,28)(H,26,27)/t23-/m1/s1. The zero-order chi connectivity index (χ0) is 23.2. The van der Waals surface area contributed by atoms with Gasteiger partial charge in [-0.1, -0.05) is 18.2 Å². The van der Waals surface area contributed by atoms with Gasteiger partial charge in [-0.25, -0.2) is 19.0 Å². The van der Waals surface area contributed by atoms with E-state index in [0.29, 0.717) is 16.8 Å². The molecule has 0 aliphatic heterocycles. The van der Waals surface area contributed by atoms with E-state index in [1.165, 1.54) is 4.57 Å². The Morgan fingerprint density at radius 1 is 1.03 bits per heavy atom. The van der Waals surface area contributed by atoms with Crippen LogP contribution >= 0.6 is 0 Å². The van der Waals surface area contributed by atoms with E-state index >= 15 is 0 Å². The summed E-state index contributed by atoms with van der Waals surface area (Å²) in [4.78, 5) is 37.7. The fourth-order valence-electron chi connectivity index (χ4n) is 3.90. The summed E-state index contributed by atoms with van der Waals surface area (Å²) < 4.78 is 12.4. The van der Waals surface area contributed by atoms with Gasteiger partial charge in [0.25, 0.3) is 0 Å². The molecule has 0 spiro atoms. The third-order valence-corrected chi connectivity index (χ3v) is 5.08. The molecule has 0 saturated heterocycles. The third-order valence-electron chi connectivity index (χ3n) is 5.08. The second-order valence-corrected chi connectivity index (χ2v) is 9.95. The molecule has 0 bridgehead atoms. The van der Waals surface area contributed by atoms with E-state index < -0.39 is 34.9 Å².